The lowest BCUT2D eigenvalue weighted by molar-refractivity contribution is -0.137. The van der Waals surface area contributed by atoms with E-state index in [-0.39, 0.29) is 37.8 Å². The molecule has 0 unspecified atom stereocenters. The first-order valence-electron chi connectivity index (χ1n) is 25.9. The number of ether oxygens (including phenoxy) is 7. The molecule has 0 radical (unpaired) electrons. The number of amides is 2. The van der Waals surface area contributed by atoms with Gasteiger partial charge in [0.2, 0.25) is 5.91 Å². The number of carbonyl (C=O) groups is 3. The summed E-state index contributed by atoms with van der Waals surface area (Å²) in [6, 6.07) is 13.4. The Morgan fingerprint density at radius 2 is 0.924 bits per heavy atom. The minimum Gasteiger partial charge on any atom is -0.481 e. The van der Waals surface area contributed by atoms with Gasteiger partial charge in [-0.1, -0.05) is 47.5 Å². The number of fused-ring (bicyclic) bond motifs is 6. The standard InChI is InChI=1S/C54H64Cl2N10O11S2/c1-32-34(3)78-53-45(32)47(37-6-10-39(55)11-7-37)59-41(50-63-61-35(4)65(50)53)30-43(67)57-14-16-71-18-20-73-22-24-75-26-28-77-29-27-76-25-23-74-21-19-72-17-15-58-52(70)49-33(2)46-48(38-8-12-40(56)13-9-38)60-42(31-44(68)69)51-64-62-36(5)66(51)54(46)79-49/h6-13,41-42H,14-31H2,1-5H3,(H,57,67)(H,58,70)(H,68,69)/t41-,42-/m0/s1. The molecule has 2 aromatic carbocycles. The maximum absolute atomic E-state index is 13.5. The van der Waals surface area contributed by atoms with Crippen LogP contribution >= 0.6 is 45.9 Å². The number of halogens is 2. The predicted molar refractivity (Wildman–Crippen MR) is 300 cm³/mol. The fraction of sp³-hybridized carbons (Fsp3) is 0.463. The fourth-order valence-electron chi connectivity index (χ4n) is 8.79. The highest BCUT2D eigenvalue weighted by atomic mass is 35.5. The van der Waals surface area contributed by atoms with Crippen LogP contribution in [0.3, 0.4) is 0 Å². The average Bonchev–Trinajstić information content (AvgIpc) is 4.29. The Balaban J connectivity index is 0.616. The van der Waals surface area contributed by atoms with Crippen LogP contribution in [-0.2, 0) is 42.7 Å². The zero-order chi connectivity index (χ0) is 55.8. The van der Waals surface area contributed by atoms with Crippen molar-refractivity contribution in [3.05, 3.63) is 125 Å². The van der Waals surface area contributed by atoms with E-state index in [1.807, 2.05) is 54.8 Å². The lowest BCUT2D eigenvalue weighted by Gasteiger charge is -2.13. The fourth-order valence-corrected chi connectivity index (χ4v) is 11.5. The van der Waals surface area contributed by atoms with Crippen molar-refractivity contribution in [1.82, 2.24) is 40.2 Å². The highest BCUT2D eigenvalue weighted by Gasteiger charge is 2.35. The monoisotopic (exact) mass is 1160 g/mol. The molecular weight excluding hydrogens is 1100 g/mol. The van der Waals surface area contributed by atoms with Gasteiger partial charge in [-0.25, -0.2) is 0 Å². The quantitative estimate of drug-likeness (QED) is 0.0367. The number of carbonyl (C=O) groups excluding carboxylic acids is 2. The molecule has 0 spiro atoms. The van der Waals surface area contributed by atoms with E-state index < -0.39 is 18.1 Å². The van der Waals surface area contributed by atoms with E-state index in [2.05, 4.69) is 44.9 Å². The molecule has 8 rings (SSSR count). The number of aryl methyl sites for hydroxylation is 3. The van der Waals surface area contributed by atoms with Gasteiger partial charge in [0.25, 0.3) is 5.91 Å². The van der Waals surface area contributed by atoms with E-state index in [0.29, 0.717) is 147 Å². The number of rotatable bonds is 31. The molecule has 4 aromatic heterocycles. The van der Waals surface area contributed by atoms with Crippen LogP contribution < -0.4 is 10.6 Å². The molecule has 6 aromatic rings. The molecule has 6 heterocycles. The number of benzene rings is 2. The van der Waals surface area contributed by atoms with Crippen molar-refractivity contribution < 1.29 is 52.6 Å². The summed E-state index contributed by atoms with van der Waals surface area (Å²) in [6.45, 7) is 15.7. The normalized spacial score (nSPS) is 14.6. The van der Waals surface area contributed by atoms with Crippen molar-refractivity contribution in [1.29, 1.82) is 0 Å². The highest BCUT2D eigenvalue weighted by Crippen LogP contribution is 2.41. The maximum Gasteiger partial charge on any atom is 0.306 e. The predicted octanol–water partition coefficient (Wildman–Crippen LogP) is 7.13. The molecule has 0 fully saturated rings. The third-order valence-electron chi connectivity index (χ3n) is 12.8. The van der Waals surface area contributed by atoms with E-state index in [4.69, 9.17) is 66.3 Å². The summed E-state index contributed by atoms with van der Waals surface area (Å²) >= 11 is 15.4. The molecule has 0 saturated heterocycles. The molecule has 2 amide bonds. The Morgan fingerprint density at radius 1 is 0.532 bits per heavy atom. The molecule has 422 valence electrons. The number of thiophene rings is 2. The summed E-state index contributed by atoms with van der Waals surface area (Å²) in [4.78, 5) is 50.4. The van der Waals surface area contributed by atoms with Gasteiger partial charge >= 0.3 is 5.97 Å². The van der Waals surface area contributed by atoms with Crippen molar-refractivity contribution in [2.45, 2.75) is 59.5 Å². The number of aliphatic imine (C=N–C) groups is 2. The molecule has 0 saturated carbocycles. The van der Waals surface area contributed by atoms with Crippen molar-refractivity contribution in [2.24, 2.45) is 9.98 Å². The summed E-state index contributed by atoms with van der Waals surface area (Å²) in [5.41, 5.74) is 6.54. The Hall–Kier alpha value is -5.83. The van der Waals surface area contributed by atoms with Gasteiger partial charge in [-0.2, -0.15) is 0 Å². The zero-order valence-electron chi connectivity index (χ0n) is 44.7. The van der Waals surface area contributed by atoms with E-state index in [1.165, 1.54) is 16.2 Å². The topological polar surface area (TPSA) is 246 Å². The van der Waals surface area contributed by atoms with Crippen LogP contribution in [-0.4, -0.2) is 169 Å². The van der Waals surface area contributed by atoms with Gasteiger partial charge in [-0.3, -0.25) is 33.5 Å². The first kappa shape index (κ1) is 59.3. The second-order valence-corrected chi connectivity index (χ2v) is 21.4. The van der Waals surface area contributed by atoms with Crippen molar-refractivity contribution in [3.8, 4) is 10.0 Å². The molecule has 21 nitrogen and oxygen atoms in total. The summed E-state index contributed by atoms with van der Waals surface area (Å²) < 4.78 is 43.1. The minimum atomic E-state index is -1.02. The average molecular weight is 1160 g/mol. The Labute approximate surface area is 475 Å². The molecular formula is C54H64Cl2N10O11S2. The van der Waals surface area contributed by atoms with Crippen LogP contribution in [0.5, 0.6) is 0 Å². The molecule has 2 aliphatic rings. The van der Waals surface area contributed by atoms with Gasteiger partial charge in [0, 0.05) is 50.3 Å². The molecule has 3 N–H and O–H groups in total. The van der Waals surface area contributed by atoms with Crippen LogP contribution in [0.2, 0.25) is 10.0 Å². The third-order valence-corrected chi connectivity index (χ3v) is 15.7. The number of nitrogens with one attached hydrogen (secondary N) is 2. The Bertz CT molecular complexity index is 3100. The number of aliphatic carboxylic acids is 1. The number of hydrogen-bond acceptors (Lipinski definition) is 18. The van der Waals surface area contributed by atoms with Gasteiger partial charge < -0.3 is 48.9 Å². The smallest absolute Gasteiger partial charge is 0.306 e. The van der Waals surface area contributed by atoms with E-state index in [1.54, 1.807) is 35.0 Å². The molecule has 79 heavy (non-hydrogen) atoms. The zero-order valence-corrected chi connectivity index (χ0v) is 47.8. The summed E-state index contributed by atoms with van der Waals surface area (Å²) in [5.74, 6) is 0.839. The number of nitrogens with zero attached hydrogens (tertiary/aromatic N) is 8. The van der Waals surface area contributed by atoms with Crippen LogP contribution in [0, 0.1) is 34.6 Å². The van der Waals surface area contributed by atoms with E-state index in [0.717, 1.165) is 38.8 Å². The van der Waals surface area contributed by atoms with Crippen LogP contribution in [0.1, 0.15) is 96.2 Å². The second-order valence-electron chi connectivity index (χ2n) is 18.3. The Morgan fingerprint density at radius 3 is 1.37 bits per heavy atom. The van der Waals surface area contributed by atoms with Gasteiger partial charge in [0.05, 0.1) is 122 Å². The molecule has 2 atom stereocenters. The number of carboxylic acid groups (broad SMARTS) is 1. The Kier molecular flexibility index (Phi) is 21.8. The van der Waals surface area contributed by atoms with E-state index in [9.17, 15) is 19.5 Å². The largest absolute Gasteiger partial charge is 0.481 e. The molecule has 0 bridgehead atoms. The number of hydrogen-bond donors (Lipinski definition) is 3. The van der Waals surface area contributed by atoms with Gasteiger partial charge in [0.1, 0.15) is 33.7 Å². The van der Waals surface area contributed by atoms with Crippen molar-refractivity contribution in [2.75, 3.05) is 106 Å². The number of carboxylic acids is 1. The van der Waals surface area contributed by atoms with Crippen LogP contribution in [0.15, 0.2) is 58.5 Å². The third kappa shape index (κ3) is 15.3. The van der Waals surface area contributed by atoms with Crippen molar-refractivity contribution in [3.63, 3.8) is 0 Å². The maximum atomic E-state index is 13.5. The highest BCUT2D eigenvalue weighted by molar-refractivity contribution is 7.17. The second kappa shape index (κ2) is 29.1. The SMILES string of the molecule is Cc1sc2c(c1C)C(c1ccc(Cl)cc1)=N[C@@H](CC(=O)NCCOCCOCCOCCOCCOCCOCCOCCNC(=O)c1sc3c(c1C)C(c1ccc(Cl)cc1)=N[C@@H](CC(=O)O)c1nnc(C)n1-3)c1nnc(C)n1-2. The first-order chi connectivity index (χ1) is 38.3. The van der Waals surface area contributed by atoms with Crippen molar-refractivity contribution >= 4 is 75.1 Å². The van der Waals surface area contributed by atoms with Gasteiger partial charge in [-0.05, 0) is 70.0 Å². The minimum absolute atomic E-state index is 0.0948. The van der Waals surface area contributed by atoms with Gasteiger partial charge in [0.15, 0.2) is 11.6 Å². The summed E-state index contributed by atoms with van der Waals surface area (Å²) in [6.07, 6.45) is -0.186. The van der Waals surface area contributed by atoms with E-state index >= 15 is 0 Å². The van der Waals surface area contributed by atoms with Gasteiger partial charge in [-0.15, -0.1) is 43.1 Å². The number of aromatic nitrogens is 6. The van der Waals surface area contributed by atoms with Crippen LogP contribution in [0.4, 0.5) is 0 Å². The molecule has 25 heteroatoms. The lowest BCUT2D eigenvalue weighted by Crippen LogP contribution is -2.29. The summed E-state index contributed by atoms with van der Waals surface area (Å²) in [7, 11) is 0. The summed E-state index contributed by atoms with van der Waals surface area (Å²) in [5, 5.41) is 35.9. The lowest BCUT2D eigenvalue weighted by atomic mass is 9.99. The molecule has 2 aliphatic heterocycles. The van der Waals surface area contributed by atoms with Crippen LogP contribution in [0.25, 0.3) is 10.0 Å². The molecule has 0 aliphatic carbocycles. The first-order valence-corrected chi connectivity index (χ1v) is 28.3.